The summed E-state index contributed by atoms with van der Waals surface area (Å²) in [5.41, 5.74) is 0.702. The summed E-state index contributed by atoms with van der Waals surface area (Å²) in [7, 11) is -2.30. The molecule has 0 fully saturated rings. The van der Waals surface area contributed by atoms with E-state index in [1.807, 2.05) is 32.9 Å². The topological polar surface area (TPSA) is 100 Å². The number of hydrazone groups is 1. The Labute approximate surface area is 210 Å². The summed E-state index contributed by atoms with van der Waals surface area (Å²) in [6, 6.07) is 10.2. The first-order valence-corrected chi connectivity index (χ1v) is 13.0. The third kappa shape index (κ3) is 6.21. The van der Waals surface area contributed by atoms with Crippen LogP contribution in [0.25, 0.3) is 0 Å². The molecule has 0 saturated heterocycles. The Morgan fingerprint density at radius 2 is 1.94 bits per heavy atom. The number of hydrogen-bond acceptors (Lipinski definition) is 6. The number of benzene rings is 2. The first-order chi connectivity index (χ1) is 15.4. The Balaban J connectivity index is 1.99. The highest BCUT2D eigenvalue weighted by Gasteiger charge is 2.32. The van der Waals surface area contributed by atoms with Crippen molar-refractivity contribution in [3.63, 3.8) is 0 Å². The third-order valence-electron chi connectivity index (χ3n) is 4.50. The summed E-state index contributed by atoms with van der Waals surface area (Å²) in [5, 5.41) is 8.84. The fraction of sp³-hybridized carbons (Fsp3) is 0.318. The molecule has 0 bridgehead atoms. The van der Waals surface area contributed by atoms with E-state index >= 15 is 0 Å². The van der Waals surface area contributed by atoms with E-state index < -0.39 is 10.0 Å². The van der Waals surface area contributed by atoms with Crippen LogP contribution in [0.5, 0.6) is 5.75 Å². The van der Waals surface area contributed by atoms with E-state index in [-0.39, 0.29) is 35.1 Å². The van der Waals surface area contributed by atoms with Gasteiger partial charge in [-0.25, -0.2) is 5.01 Å². The monoisotopic (exact) mass is 598 g/mol. The molecule has 1 aliphatic heterocycles. The number of methoxy groups -OCH3 is 1. The molecule has 0 atom stereocenters. The van der Waals surface area contributed by atoms with Crippen LogP contribution in [-0.2, 0) is 14.8 Å². The maximum absolute atomic E-state index is 12.6. The molecule has 2 aromatic carbocycles. The Morgan fingerprint density at radius 1 is 1.24 bits per heavy atom. The highest BCUT2D eigenvalue weighted by atomic mass is 79.9. The Morgan fingerprint density at radius 3 is 2.61 bits per heavy atom. The smallest absolute Gasteiger partial charge is 0.285 e. The maximum Gasteiger partial charge on any atom is 0.285 e. The van der Waals surface area contributed by atoms with Gasteiger partial charge in [-0.15, -0.1) is 4.40 Å². The zero-order chi connectivity index (χ0) is 24.4. The molecule has 0 aliphatic carbocycles. The van der Waals surface area contributed by atoms with Crippen molar-refractivity contribution in [1.29, 1.82) is 0 Å². The van der Waals surface area contributed by atoms with Gasteiger partial charge in [0.2, 0.25) is 5.91 Å². The van der Waals surface area contributed by atoms with Crippen molar-refractivity contribution in [2.24, 2.45) is 9.50 Å². The number of nitrogens with zero attached hydrogens (tertiary/aromatic N) is 3. The van der Waals surface area contributed by atoms with Gasteiger partial charge in [0, 0.05) is 27.6 Å². The zero-order valence-corrected chi connectivity index (χ0v) is 22.6. The number of ether oxygens (including phenoxy) is 1. The van der Waals surface area contributed by atoms with Crippen LogP contribution in [0.4, 0.5) is 0 Å². The Hall–Kier alpha value is -2.24. The number of carbonyl (C=O) groups excluding carboxylic acids is 1. The predicted octanol–water partition coefficient (Wildman–Crippen LogP) is 4.31. The van der Waals surface area contributed by atoms with Gasteiger partial charge in [0.25, 0.3) is 10.0 Å². The van der Waals surface area contributed by atoms with Crippen LogP contribution in [0.3, 0.4) is 0 Å². The van der Waals surface area contributed by atoms with Gasteiger partial charge in [-0.3, -0.25) is 4.79 Å². The summed E-state index contributed by atoms with van der Waals surface area (Å²) in [4.78, 5) is 12.5. The standard InChI is InChI=1S/C22H24Br2N4O4S/c1-22(2,3)26-19(29)9-10-28(21-16-7-5-6-8-18(16)33(30,31)27-21)25-13-14-11-15(23)12-17(24)20(14)32-4/h5-8,11-13H,9-10H2,1-4H3,(H,26,29)/b25-13+. The quantitative estimate of drug-likeness (QED) is 0.394. The lowest BCUT2D eigenvalue weighted by Gasteiger charge is -2.23. The molecule has 1 aliphatic rings. The number of hydrogen-bond donors (Lipinski definition) is 1. The largest absolute Gasteiger partial charge is 0.495 e. The van der Waals surface area contributed by atoms with Gasteiger partial charge in [0.1, 0.15) is 10.6 Å². The zero-order valence-electron chi connectivity index (χ0n) is 18.6. The van der Waals surface area contributed by atoms with Crippen LogP contribution in [0.15, 0.2) is 59.7 Å². The Bertz CT molecular complexity index is 1240. The number of amides is 1. The average molecular weight is 600 g/mol. The number of nitrogens with one attached hydrogen (secondary N) is 1. The molecule has 8 nitrogen and oxygen atoms in total. The van der Waals surface area contributed by atoms with Crippen LogP contribution in [0.2, 0.25) is 0 Å². The molecular weight excluding hydrogens is 576 g/mol. The molecule has 1 amide bonds. The first kappa shape index (κ1) is 25.4. The van der Waals surface area contributed by atoms with Crippen LogP contribution >= 0.6 is 31.9 Å². The van der Waals surface area contributed by atoms with Crippen LogP contribution in [0, 0.1) is 0 Å². The molecule has 0 aromatic heterocycles. The second-order valence-corrected chi connectivity index (χ2v) is 11.7. The maximum atomic E-state index is 12.6. The molecule has 2 aromatic rings. The van der Waals surface area contributed by atoms with Crippen molar-refractivity contribution in [2.75, 3.05) is 13.7 Å². The fourth-order valence-electron chi connectivity index (χ4n) is 3.20. The lowest BCUT2D eigenvalue weighted by Crippen LogP contribution is -2.42. The molecule has 0 saturated carbocycles. The minimum Gasteiger partial charge on any atom is -0.495 e. The van der Waals surface area contributed by atoms with Crippen LogP contribution in [-0.4, -0.2) is 50.6 Å². The van der Waals surface area contributed by atoms with Gasteiger partial charge in [-0.05, 0) is 61.0 Å². The van der Waals surface area contributed by atoms with Gasteiger partial charge in [0.05, 0.1) is 24.3 Å². The van der Waals surface area contributed by atoms with Crippen molar-refractivity contribution in [1.82, 2.24) is 10.3 Å². The number of amidine groups is 1. The van der Waals surface area contributed by atoms with E-state index in [9.17, 15) is 13.2 Å². The number of fused-ring (bicyclic) bond motifs is 1. The molecule has 176 valence electrons. The van der Waals surface area contributed by atoms with Crippen molar-refractivity contribution in [2.45, 2.75) is 37.6 Å². The van der Waals surface area contributed by atoms with E-state index in [0.29, 0.717) is 16.9 Å². The molecule has 0 unspecified atom stereocenters. The lowest BCUT2D eigenvalue weighted by molar-refractivity contribution is -0.122. The van der Waals surface area contributed by atoms with Gasteiger partial charge < -0.3 is 10.1 Å². The minimum absolute atomic E-state index is 0.0924. The second-order valence-electron chi connectivity index (χ2n) is 8.31. The van der Waals surface area contributed by atoms with E-state index in [1.165, 1.54) is 11.1 Å². The number of halogens is 2. The predicted molar refractivity (Wildman–Crippen MR) is 135 cm³/mol. The molecule has 11 heteroatoms. The normalized spacial score (nSPS) is 14.7. The van der Waals surface area contributed by atoms with Crippen molar-refractivity contribution in [3.8, 4) is 5.75 Å². The van der Waals surface area contributed by atoms with Crippen LogP contribution < -0.4 is 10.1 Å². The molecule has 1 N–H and O–H groups in total. The van der Waals surface area contributed by atoms with Gasteiger partial charge in [0.15, 0.2) is 5.84 Å². The van der Waals surface area contributed by atoms with E-state index in [2.05, 4.69) is 46.7 Å². The van der Waals surface area contributed by atoms with Crippen LogP contribution in [0.1, 0.15) is 38.3 Å². The number of rotatable bonds is 6. The van der Waals surface area contributed by atoms with Gasteiger partial charge >= 0.3 is 0 Å². The summed E-state index contributed by atoms with van der Waals surface area (Å²) < 4.78 is 36.1. The SMILES string of the molecule is COc1c(Br)cc(Br)cc1/C=N/N(CCC(=O)NC(C)(C)C)C1=NS(=O)(=O)c2ccccc21. The van der Waals surface area contributed by atoms with E-state index in [4.69, 9.17) is 4.74 Å². The van der Waals surface area contributed by atoms with Crippen molar-refractivity contribution in [3.05, 3.63) is 56.5 Å². The molecular formula is C22H24Br2N4O4S. The summed E-state index contributed by atoms with van der Waals surface area (Å²) in [6.45, 7) is 5.80. The van der Waals surface area contributed by atoms with Crippen molar-refractivity contribution >= 4 is 59.8 Å². The van der Waals surface area contributed by atoms with E-state index in [0.717, 1.165) is 8.95 Å². The number of sulfonamides is 1. The van der Waals surface area contributed by atoms with E-state index in [1.54, 1.807) is 31.5 Å². The molecule has 0 spiro atoms. The third-order valence-corrected chi connectivity index (χ3v) is 6.87. The summed E-state index contributed by atoms with van der Waals surface area (Å²) >= 11 is 6.91. The molecule has 0 radical (unpaired) electrons. The summed E-state index contributed by atoms with van der Waals surface area (Å²) in [5.74, 6) is 0.549. The lowest BCUT2D eigenvalue weighted by atomic mass is 10.1. The highest BCUT2D eigenvalue weighted by molar-refractivity contribution is 9.11. The molecule has 1 heterocycles. The first-order valence-electron chi connectivity index (χ1n) is 10.0. The minimum atomic E-state index is -3.84. The average Bonchev–Trinajstić information content (AvgIpc) is 2.97. The second kappa shape index (κ2) is 9.94. The number of carbonyl (C=O) groups is 1. The Kier molecular flexibility index (Phi) is 7.65. The molecule has 3 rings (SSSR count). The summed E-state index contributed by atoms with van der Waals surface area (Å²) in [6.07, 6.45) is 1.64. The van der Waals surface area contributed by atoms with Gasteiger partial charge in [-0.1, -0.05) is 28.1 Å². The van der Waals surface area contributed by atoms with Gasteiger partial charge in [-0.2, -0.15) is 13.5 Å². The fourth-order valence-corrected chi connectivity index (χ4v) is 5.83. The molecule has 33 heavy (non-hydrogen) atoms. The highest BCUT2D eigenvalue weighted by Crippen LogP contribution is 2.32. The van der Waals surface area contributed by atoms with Crippen molar-refractivity contribution < 1.29 is 17.9 Å².